The molecule has 0 amide bonds. The van der Waals surface area contributed by atoms with Crippen LogP contribution in [0.4, 0.5) is 17.2 Å². The Hall–Kier alpha value is -1.55. The number of rotatable bonds is 3. The highest BCUT2D eigenvalue weighted by atomic mass is 79.9. The average molecular weight is 292 g/mol. The molecule has 0 unspecified atom stereocenters. The molecule has 0 saturated heterocycles. The molecule has 17 heavy (non-hydrogen) atoms. The molecule has 0 aliphatic heterocycles. The van der Waals surface area contributed by atoms with Gasteiger partial charge in [0.05, 0.1) is 0 Å². The van der Waals surface area contributed by atoms with Crippen LogP contribution in [0, 0.1) is 0 Å². The molecule has 1 aromatic heterocycles. The van der Waals surface area contributed by atoms with Gasteiger partial charge in [-0.05, 0) is 36.2 Å². The number of aryl methyl sites for hydroxylation is 1. The molecule has 0 atom stereocenters. The van der Waals surface area contributed by atoms with Crippen LogP contribution in [0.15, 0.2) is 41.0 Å². The molecule has 2 aromatic rings. The summed E-state index contributed by atoms with van der Waals surface area (Å²) in [6, 6.07) is 9.74. The number of nitrogen functional groups attached to an aromatic ring is 1. The maximum Gasteiger partial charge on any atom is 0.132 e. The van der Waals surface area contributed by atoms with E-state index in [0.717, 1.165) is 22.4 Å². The zero-order valence-electron chi connectivity index (χ0n) is 9.57. The minimum atomic E-state index is 0.706. The summed E-state index contributed by atoms with van der Waals surface area (Å²) in [7, 11) is 0. The fourth-order valence-corrected chi connectivity index (χ4v) is 2.04. The molecule has 0 aliphatic rings. The molecule has 4 heteroatoms. The first-order chi connectivity index (χ1) is 8.19. The van der Waals surface area contributed by atoms with Crippen molar-refractivity contribution in [1.82, 2.24) is 4.98 Å². The van der Waals surface area contributed by atoms with Gasteiger partial charge in [-0.15, -0.1) is 0 Å². The summed E-state index contributed by atoms with van der Waals surface area (Å²) in [4.78, 5) is 4.23. The molecular formula is C13H14BrN3. The Labute approximate surface area is 109 Å². The van der Waals surface area contributed by atoms with Crippen LogP contribution in [0.3, 0.4) is 0 Å². The molecule has 0 fully saturated rings. The molecule has 0 spiro atoms. The Balaban J connectivity index is 2.29. The lowest BCUT2D eigenvalue weighted by Crippen LogP contribution is -1.98. The molecule has 1 heterocycles. The van der Waals surface area contributed by atoms with Gasteiger partial charge in [0.25, 0.3) is 0 Å². The Morgan fingerprint density at radius 1 is 1.29 bits per heavy atom. The lowest BCUT2D eigenvalue weighted by Gasteiger charge is -2.11. The number of nitrogens with two attached hydrogens (primary N) is 1. The number of pyridine rings is 1. The van der Waals surface area contributed by atoms with Crippen LogP contribution in [0.1, 0.15) is 12.5 Å². The van der Waals surface area contributed by atoms with Crippen molar-refractivity contribution in [3.63, 3.8) is 0 Å². The van der Waals surface area contributed by atoms with Gasteiger partial charge in [-0.3, -0.25) is 0 Å². The first kappa shape index (κ1) is 11.9. The van der Waals surface area contributed by atoms with E-state index >= 15 is 0 Å². The van der Waals surface area contributed by atoms with E-state index in [1.165, 1.54) is 5.56 Å². The lowest BCUT2D eigenvalue weighted by molar-refractivity contribution is 1.13. The Morgan fingerprint density at radius 2 is 2.12 bits per heavy atom. The minimum Gasteiger partial charge on any atom is -0.399 e. The van der Waals surface area contributed by atoms with Crippen LogP contribution in [-0.4, -0.2) is 4.98 Å². The van der Waals surface area contributed by atoms with E-state index in [1.54, 1.807) is 12.3 Å². The van der Waals surface area contributed by atoms with E-state index in [-0.39, 0.29) is 0 Å². The van der Waals surface area contributed by atoms with Crippen molar-refractivity contribution in [2.75, 3.05) is 11.1 Å². The maximum absolute atomic E-state index is 5.72. The summed E-state index contributed by atoms with van der Waals surface area (Å²) in [6.07, 6.45) is 2.66. The number of aromatic nitrogens is 1. The summed E-state index contributed by atoms with van der Waals surface area (Å²) in [5.74, 6) is 0.766. The summed E-state index contributed by atoms with van der Waals surface area (Å²) < 4.78 is 1.08. The molecule has 2 rings (SSSR count). The summed E-state index contributed by atoms with van der Waals surface area (Å²) in [5, 5.41) is 3.28. The Morgan fingerprint density at radius 3 is 2.82 bits per heavy atom. The molecule has 0 saturated carbocycles. The zero-order chi connectivity index (χ0) is 12.3. The lowest BCUT2D eigenvalue weighted by atomic mass is 10.1. The van der Waals surface area contributed by atoms with Crippen LogP contribution in [-0.2, 0) is 6.42 Å². The molecule has 3 nitrogen and oxygen atoms in total. The van der Waals surface area contributed by atoms with E-state index in [4.69, 9.17) is 5.73 Å². The van der Waals surface area contributed by atoms with Crippen molar-refractivity contribution in [3.05, 3.63) is 46.6 Å². The fraction of sp³-hybridized carbons (Fsp3) is 0.154. The topological polar surface area (TPSA) is 50.9 Å². The van der Waals surface area contributed by atoms with E-state index in [1.807, 2.05) is 18.2 Å². The predicted octanol–water partition coefficient (Wildman–Crippen LogP) is 3.73. The quantitative estimate of drug-likeness (QED) is 0.906. The highest BCUT2D eigenvalue weighted by Gasteiger charge is 2.03. The number of benzene rings is 1. The summed E-state index contributed by atoms with van der Waals surface area (Å²) in [6.45, 7) is 2.12. The number of hydrogen-bond acceptors (Lipinski definition) is 3. The second-order valence-corrected chi connectivity index (χ2v) is 4.67. The smallest absolute Gasteiger partial charge is 0.132 e. The van der Waals surface area contributed by atoms with Gasteiger partial charge >= 0.3 is 0 Å². The van der Waals surface area contributed by atoms with Gasteiger partial charge < -0.3 is 11.1 Å². The SMILES string of the molecule is CCc1cc(Br)ccc1Nc1cc(N)ccn1. The van der Waals surface area contributed by atoms with Gasteiger partial charge in [0.2, 0.25) is 0 Å². The van der Waals surface area contributed by atoms with E-state index in [0.29, 0.717) is 5.69 Å². The predicted molar refractivity (Wildman–Crippen MR) is 75.5 cm³/mol. The molecule has 88 valence electrons. The fourth-order valence-electron chi connectivity index (χ4n) is 1.63. The van der Waals surface area contributed by atoms with Crippen LogP contribution >= 0.6 is 15.9 Å². The van der Waals surface area contributed by atoms with E-state index in [9.17, 15) is 0 Å². The minimum absolute atomic E-state index is 0.706. The van der Waals surface area contributed by atoms with Crippen LogP contribution < -0.4 is 11.1 Å². The molecular weight excluding hydrogens is 278 g/mol. The molecule has 3 N–H and O–H groups in total. The molecule has 0 bridgehead atoms. The second-order valence-electron chi connectivity index (χ2n) is 3.75. The van der Waals surface area contributed by atoms with E-state index in [2.05, 4.69) is 39.2 Å². The van der Waals surface area contributed by atoms with E-state index < -0.39 is 0 Å². The van der Waals surface area contributed by atoms with Crippen molar-refractivity contribution in [3.8, 4) is 0 Å². The number of hydrogen-bond donors (Lipinski definition) is 2. The molecule has 0 radical (unpaired) electrons. The Kier molecular flexibility index (Phi) is 3.64. The second kappa shape index (κ2) is 5.19. The zero-order valence-corrected chi connectivity index (χ0v) is 11.2. The van der Waals surface area contributed by atoms with Crippen molar-refractivity contribution in [2.24, 2.45) is 0 Å². The number of anilines is 3. The van der Waals surface area contributed by atoms with Gasteiger partial charge in [0, 0.05) is 28.1 Å². The highest BCUT2D eigenvalue weighted by molar-refractivity contribution is 9.10. The van der Waals surface area contributed by atoms with Gasteiger partial charge in [-0.2, -0.15) is 0 Å². The standard InChI is InChI=1S/C13H14BrN3/c1-2-9-7-10(14)3-4-12(9)17-13-8-11(15)5-6-16-13/h3-8H,2H2,1H3,(H3,15,16,17). The first-order valence-electron chi connectivity index (χ1n) is 5.46. The maximum atomic E-state index is 5.72. The van der Waals surface area contributed by atoms with Crippen molar-refractivity contribution >= 4 is 33.1 Å². The highest BCUT2D eigenvalue weighted by Crippen LogP contribution is 2.24. The monoisotopic (exact) mass is 291 g/mol. The van der Waals surface area contributed by atoms with Gasteiger partial charge in [-0.25, -0.2) is 4.98 Å². The third kappa shape index (κ3) is 2.97. The van der Waals surface area contributed by atoms with Crippen molar-refractivity contribution in [1.29, 1.82) is 0 Å². The van der Waals surface area contributed by atoms with Crippen LogP contribution in [0.25, 0.3) is 0 Å². The van der Waals surface area contributed by atoms with Crippen LogP contribution in [0.2, 0.25) is 0 Å². The summed E-state index contributed by atoms with van der Waals surface area (Å²) >= 11 is 3.47. The van der Waals surface area contributed by atoms with Gasteiger partial charge in [-0.1, -0.05) is 22.9 Å². The molecule has 0 aliphatic carbocycles. The number of nitrogens with zero attached hydrogens (tertiary/aromatic N) is 1. The third-order valence-electron chi connectivity index (χ3n) is 2.49. The number of halogens is 1. The third-order valence-corrected chi connectivity index (χ3v) is 2.99. The normalized spacial score (nSPS) is 10.2. The summed E-state index contributed by atoms with van der Waals surface area (Å²) in [5.41, 5.74) is 8.73. The van der Waals surface area contributed by atoms with Crippen molar-refractivity contribution in [2.45, 2.75) is 13.3 Å². The van der Waals surface area contributed by atoms with Crippen LogP contribution in [0.5, 0.6) is 0 Å². The first-order valence-corrected chi connectivity index (χ1v) is 6.25. The van der Waals surface area contributed by atoms with Gasteiger partial charge in [0.1, 0.15) is 5.82 Å². The number of nitrogens with one attached hydrogen (secondary N) is 1. The Bertz CT molecular complexity index is 526. The largest absolute Gasteiger partial charge is 0.399 e. The average Bonchev–Trinajstić information content (AvgIpc) is 2.31. The van der Waals surface area contributed by atoms with Crippen molar-refractivity contribution < 1.29 is 0 Å². The van der Waals surface area contributed by atoms with Gasteiger partial charge in [0.15, 0.2) is 0 Å². The molecule has 1 aromatic carbocycles.